The minimum atomic E-state index is 0.0919. The Labute approximate surface area is 169 Å². The predicted octanol–water partition coefficient (Wildman–Crippen LogP) is 1.72. The van der Waals surface area contributed by atoms with Crippen molar-refractivity contribution in [2.45, 2.75) is 52.2 Å². The number of nitrogens with one attached hydrogen (secondary N) is 1. The summed E-state index contributed by atoms with van der Waals surface area (Å²) in [6, 6.07) is 4.10. The number of aryl methyl sites for hydroxylation is 4. The zero-order chi connectivity index (χ0) is 20.0. The van der Waals surface area contributed by atoms with Gasteiger partial charge in [0.2, 0.25) is 0 Å². The van der Waals surface area contributed by atoms with Crippen LogP contribution in [0.2, 0.25) is 0 Å². The van der Waals surface area contributed by atoms with E-state index in [0.717, 1.165) is 62.3 Å². The van der Waals surface area contributed by atoms with Gasteiger partial charge >= 0.3 is 0 Å². The second-order valence-corrected chi connectivity index (χ2v) is 8.27. The van der Waals surface area contributed by atoms with E-state index in [0.29, 0.717) is 17.4 Å². The molecule has 8 nitrogen and oxygen atoms in total. The quantitative estimate of drug-likeness (QED) is 0.714. The highest BCUT2D eigenvalue weighted by Gasteiger charge is 2.31. The summed E-state index contributed by atoms with van der Waals surface area (Å²) in [5, 5.41) is 7.92. The number of hydrogen-bond donors (Lipinski definition) is 1. The highest BCUT2D eigenvalue weighted by Crippen LogP contribution is 2.32. The van der Waals surface area contributed by atoms with E-state index < -0.39 is 0 Å². The van der Waals surface area contributed by atoms with Gasteiger partial charge in [0, 0.05) is 50.2 Å². The van der Waals surface area contributed by atoms with Crippen LogP contribution in [0, 0.1) is 19.8 Å². The normalized spacial score (nSPS) is 20.6. The van der Waals surface area contributed by atoms with Gasteiger partial charge in [-0.1, -0.05) is 0 Å². The maximum absolute atomic E-state index is 13.3. The third-order valence-corrected chi connectivity index (χ3v) is 6.20. The Morgan fingerprint density at radius 1 is 1.21 bits per heavy atom. The van der Waals surface area contributed by atoms with Crippen LogP contribution in [0.4, 0.5) is 0 Å². The summed E-state index contributed by atoms with van der Waals surface area (Å²) in [4.78, 5) is 22.2. The average Bonchev–Trinajstić information content (AvgIpc) is 3.29. The first-order valence-electron chi connectivity index (χ1n) is 10.4. The predicted molar refractivity (Wildman–Crippen MR) is 110 cm³/mol. The van der Waals surface area contributed by atoms with Gasteiger partial charge in [-0.05, 0) is 51.3 Å². The van der Waals surface area contributed by atoms with Crippen LogP contribution >= 0.6 is 0 Å². The maximum atomic E-state index is 13.3. The molecule has 1 fully saturated rings. The number of piperidine rings is 1. The number of aromatic nitrogens is 6. The minimum absolute atomic E-state index is 0.0919. The summed E-state index contributed by atoms with van der Waals surface area (Å²) in [6.45, 7) is 8.23. The molecule has 152 valence electrons. The van der Waals surface area contributed by atoms with Crippen molar-refractivity contribution in [1.82, 2.24) is 34.2 Å². The van der Waals surface area contributed by atoms with Crippen molar-refractivity contribution in [2.24, 2.45) is 5.92 Å². The van der Waals surface area contributed by atoms with Crippen molar-refractivity contribution in [3.05, 3.63) is 52.2 Å². The van der Waals surface area contributed by atoms with Crippen molar-refractivity contribution in [2.75, 3.05) is 13.1 Å². The lowest BCUT2D eigenvalue weighted by Gasteiger charge is -2.37. The molecule has 3 aromatic rings. The second-order valence-electron chi connectivity index (χ2n) is 8.27. The molecule has 1 N–H and O–H groups in total. The molecule has 0 radical (unpaired) electrons. The summed E-state index contributed by atoms with van der Waals surface area (Å²) < 4.78 is 6.01. The first-order valence-corrected chi connectivity index (χ1v) is 10.4. The van der Waals surface area contributed by atoms with Crippen molar-refractivity contribution in [1.29, 1.82) is 0 Å². The van der Waals surface area contributed by atoms with E-state index in [4.69, 9.17) is 0 Å². The molecule has 0 aromatic carbocycles. The first kappa shape index (κ1) is 18.3. The standard InChI is InChI=1S/C21H27N7O/c1-14-24-15(2)28(25-14)8-3-7-26-9-6-23-20(26)18-4-5-19-17-10-16(11-22-12-17)13-27(19)21(18)29/h4-6,9,16-17,22H,3,7-8,10-13H2,1-2H3/t16-,17+/m0/s1. The van der Waals surface area contributed by atoms with Gasteiger partial charge in [-0.3, -0.25) is 9.48 Å². The molecule has 2 atom stereocenters. The van der Waals surface area contributed by atoms with Gasteiger partial charge in [0.15, 0.2) is 0 Å². The molecule has 8 heteroatoms. The monoisotopic (exact) mass is 393 g/mol. The van der Waals surface area contributed by atoms with Crippen LogP contribution in [-0.4, -0.2) is 42.0 Å². The van der Waals surface area contributed by atoms with Crippen molar-refractivity contribution in [3.8, 4) is 11.4 Å². The lowest BCUT2D eigenvalue weighted by atomic mass is 9.84. The number of imidazole rings is 1. The van der Waals surface area contributed by atoms with Gasteiger partial charge in [0.1, 0.15) is 17.5 Å². The Hall–Kier alpha value is -2.74. The van der Waals surface area contributed by atoms with Crippen LogP contribution in [0.5, 0.6) is 0 Å². The van der Waals surface area contributed by atoms with Crippen LogP contribution in [0.15, 0.2) is 29.3 Å². The molecule has 5 rings (SSSR count). The van der Waals surface area contributed by atoms with Crippen molar-refractivity contribution < 1.29 is 0 Å². The van der Waals surface area contributed by atoms with E-state index in [1.807, 2.05) is 35.4 Å². The summed E-state index contributed by atoms with van der Waals surface area (Å²) in [7, 11) is 0. The van der Waals surface area contributed by atoms with Gasteiger partial charge in [0.25, 0.3) is 5.56 Å². The largest absolute Gasteiger partial charge is 0.331 e. The fourth-order valence-electron chi connectivity index (χ4n) is 4.86. The van der Waals surface area contributed by atoms with Crippen LogP contribution in [0.25, 0.3) is 11.4 Å². The lowest BCUT2D eigenvalue weighted by Crippen LogP contribution is -2.45. The molecule has 3 aromatic heterocycles. The molecule has 0 saturated carbocycles. The van der Waals surface area contributed by atoms with Crippen LogP contribution in [0.3, 0.4) is 0 Å². The SMILES string of the molecule is Cc1nc(C)n(CCCn2ccnc2-c2ccc3n(c2=O)C[C@@H]2CNC[C@H]3C2)n1. The fraction of sp³-hybridized carbons (Fsp3) is 0.524. The van der Waals surface area contributed by atoms with E-state index in [1.165, 1.54) is 6.42 Å². The molecule has 0 amide bonds. The van der Waals surface area contributed by atoms with Crippen molar-refractivity contribution in [3.63, 3.8) is 0 Å². The van der Waals surface area contributed by atoms with E-state index in [9.17, 15) is 4.79 Å². The molecule has 0 aliphatic carbocycles. The molecule has 29 heavy (non-hydrogen) atoms. The molecule has 2 aliphatic rings. The van der Waals surface area contributed by atoms with Gasteiger partial charge in [-0.2, -0.15) is 5.10 Å². The highest BCUT2D eigenvalue weighted by atomic mass is 16.1. The molecule has 1 saturated heterocycles. The summed E-state index contributed by atoms with van der Waals surface area (Å²) in [5.41, 5.74) is 1.95. The van der Waals surface area contributed by atoms with Crippen LogP contribution < -0.4 is 10.9 Å². The van der Waals surface area contributed by atoms with Crippen LogP contribution in [0.1, 0.15) is 36.1 Å². The average molecular weight is 393 g/mol. The Bertz CT molecular complexity index is 1090. The molecule has 5 heterocycles. The zero-order valence-electron chi connectivity index (χ0n) is 17.0. The Kier molecular flexibility index (Phi) is 4.58. The number of pyridine rings is 1. The van der Waals surface area contributed by atoms with Crippen molar-refractivity contribution >= 4 is 0 Å². The number of nitrogens with zero attached hydrogens (tertiary/aromatic N) is 6. The Balaban J connectivity index is 1.39. The zero-order valence-corrected chi connectivity index (χ0v) is 17.0. The third kappa shape index (κ3) is 3.31. The number of rotatable bonds is 5. The van der Waals surface area contributed by atoms with Crippen LogP contribution in [-0.2, 0) is 19.6 Å². The highest BCUT2D eigenvalue weighted by molar-refractivity contribution is 5.54. The third-order valence-electron chi connectivity index (χ3n) is 6.20. The summed E-state index contributed by atoms with van der Waals surface area (Å²) in [6.07, 6.45) is 5.82. The Morgan fingerprint density at radius 3 is 2.93 bits per heavy atom. The van der Waals surface area contributed by atoms with Gasteiger partial charge in [-0.15, -0.1) is 0 Å². The van der Waals surface area contributed by atoms with E-state index in [1.54, 1.807) is 6.20 Å². The molecular formula is C21H27N7O. The summed E-state index contributed by atoms with van der Waals surface area (Å²) in [5.74, 6) is 3.47. The molecular weight excluding hydrogens is 366 g/mol. The smallest absolute Gasteiger partial charge is 0.261 e. The van der Waals surface area contributed by atoms with Gasteiger partial charge in [-0.25, -0.2) is 9.97 Å². The molecule has 2 bridgehead atoms. The number of fused-ring (bicyclic) bond motifs is 4. The maximum Gasteiger partial charge on any atom is 0.261 e. The topological polar surface area (TPSA) is 82.6 Å². The lowest BCUT2D eigenvalue weighted by molar-refractivity contribution is 0.257. The number of hydrogen-bond acceptors (Lipinski definition) is 5. The van der Waals surface area contributed by atoms with Gasteiger partial charge < -0.3 is 14.5 Å². The molecule has 2 aliphatic heterocycles. The first-order chi connectivity index (χ1) is 14.1. The minimum Gasteiger partial charge on any atom is -0.331 e. The molecule has 0 spiro atoms. The van der Waals surface area contributed by atoms with Gasteiger partial charge in [0.05, 0.1) is 5.56 Å². The second kappa shape index (κ2) is 7.26. The fourth-order valence-corrected chi connectivity index (χ4v) is 4.86. The summed E-state index contributed by atoms with van der Waals surface area (Å²) >= 11 is 0. The Morgan fingerprint density at radius 2 is 2.10 bits per heavy atom. The van der Waals surface area contributed by atoms with E-state index in [2.05, 4.69) is 31.0 Å². The van der Waals surface area contributed by atoms with E-state index >= 15 is 0 Å². The molecule has 0 unspecified atom stereocenters. The van der Waals surface area contributed by atoms with E-state index in [-0.39, 0.29) is 5.56 Å².